The van der Waals surface area contributed by atoms with Crippen LogP contribution in [-0.2, 0) is 4.84 Å². The van der Waals surface area contributed by atoms with Crippen LogP contribution in [0.15, 0.2) is 78.0 Å². The number of ether oxygens (including phenoxy) is 1. The van der Waals surface area contributed by atoms with E-state index in [9.17, 15) is 4.79 Å². The van der Waals surface area contributed by atoms with Crippen molar-refractivity contribution in [1.29, 1.82) is 0 Å². The van der Waals surface area contributed by atoms with Gasteiger partial charge in [0.1, 0.15) is 5.75 Å². The van der Waals surface area contributed by atoms with E-state index in [-0.39, 0.29) is 5.84 Å². The van der Waals surface area contributed by atoms with Gasteiger partial charge < -0.3 is 15.3 Å². The lowest BCUT2D eigenvalue weighted by atomic mass is 10.0. The van der Waals surface area contributed by atoms with Crippen LogP contribution >= 0.6 is 11.6 Å². The second-order valence-electron chi connectivity index (χ2n) is 5.64. The van der Waals surface area contributed by atoms with E-state index < -0.39 is 5.97 Å². The number of methoxy groups -OCH3 is 1. The standard InChI is InChI=1S/C21H17ClN2O3/c1-26-19-12-11-17(22)13-18(19)20(23)24-27-21(25)16-9-7-15(8-10-16)14-5-3-2-4-6-14/h2-13H,1H3,(H2,23,24). The van der Waals surface area contributed by atoms with Gasteiger partial charge in [0.15, 0.2) is 5.84 Å². The third-order valence-corrected chi connectivity index (χ3v) is 4.13. The summed E-state index contributed by atoms with van der Waals surface area (Å²) in [5.74, 6) is -0.147. The Morgan fingerprint density at radius 1 is 0.963 bits per heavy atom. The molecule has 3 aromatic carbocycles. The number of hydrogen-bond acceptors (Lipinski definition) is 4. The second kappa shape index (κ2) is 8.38. The Labute approximate surface area is 162 Å². The molecule has 0 unspecified atom stereocenters. The minimum atomic E-state index is -0.612. The Bertz CT molecular complexity index is 970. The first kappa shape index (κ1) is 18.5. The van der Waals surface area contributed by atoms with Crippen molar-refractivity contribution in [3.8, 4) is 16.9 Å². The summed E-state index contributed by atoms with van der Waals surface area (Å²) in [6.07, 6.45) is 0. The van der Waals surface area contributed by atoms with Crippen LogP contribution in [0.1, 0.15) is 15.9 Å². The SMILES string of the molecule is COc1ccc(Cl)cc1/C(N)=N/OC(=O)c1ccc(-c2ccccc2)cc1. The van der Waals surface area contributed by atoms with Gasteiger partial charge in [0, 0.05) is 5.02 Å². The van der Waals surface area contributed by atoms with Gasteiger partial charge in [0.2, 0.25) is 0 Å². The number of nitrogens with two attached hydrogens (primary N) is 1. The number of nitrogens with zero attached hydrogens (tertiary/aromatic N) is 1. The fourth-order valence-corrected chi connectivity index (χ4v) is 2.67. The van der Waals surface area contributed by atoms with Gasteiger partial charge in [0.05, 0.1) is 18.2 Å². The number of benzene rings is 3. The molecule has 0 atom stereocenters. The molecule has 0 amide bonds. The van der Waals surface area contributed by atoms with Crippen LogP contribution in [0.2, 0.25) is 5.02 Å². The zero-order valence-electron chi connectivity index (χ0n) is 14.6. The molecule has 0 radical (unpaired) electrons. The van der Waals surface area contributed by atoms with Crippen molar-refractivity contribution in [3.05, 3.63) is 88.9 Å². The smallest absolute Gasteiger partial charge is 0.365 e. The van der Waals surface area contributed by atoms with Gasteiger partial charge in [-0.3, -0.25) is 0 Å². The first-order valence-corrected chi connectivity index (χ1v) is 8.50. The van der Waals surface area contributed by atoms with E-state index in [2.05, 4.69) is 5.16 Å². The zero-order chi connectivity index (χ0) is 19.2. The molecule has 0 aromatic heterocycles. The molecule has 0 spiro atoms. The summed E-state index contributed by atoms with van der Waals surface area (Å²) >= 11 is 5.97. The second-order valence-corrected chi connectivity index (χ2v) is 6.08. The molecule has 0 saturated heterocycles. The van der Waals surface area contributed by atoms with Gasteiger partial charge >= 0.3 is 5.97 Å². The first-order valence-electron chi connectivity index (χ1n) is 8.12. The Hall–Kier alpha value is -3.31. The van der Waals surface area contributed by atoms with Gasteiger partial charge in [-0.15, -0.1) is 0 Å². The Balaban J connectivity index is 1.74. The highest BCUT2D eigenvalue weighted by Crippen LogP contribution is 2.23. The van der Waals surface area contributed by atoms with Crippen molar-refractivity contribution in [2.24, 2.45) is 10.9 Å². The van der Waals surface area contributed by atoms with Crippen LogP contribution in [0.5, 0.6) is 5.75 Å². The number of hydrogen-bond donors (Lipinski definition) is 1. The summed E-state index contributed by atoms with van der Waals surface area (Å²) < 4.78 is 5.21. The van der Waals surface area contributed by atoms with E-state index in [0.717, 1.165) is 11.1 Å². The molecule has 0 aliphatic heterocycles. The maximum Gasteiger partial charge on any atom is 0.365 e. The van der Waals surface area contributed by atoms with E-state index in [1.54, 1.807) is 30.3 Å². The minimum Gasteiger partial charge on any atom is -0.496 e. The van der Waals surface area contributed by atoms with Crippen molar-refractivity contribution in [2.75, 3.05) is 7.11 Å². The average molecular weight is 381 g/mol. The van der Waals surface area contributed by atoms with Crippen LogP contribution in [0.25, 0.3) is 11.1 Å². The summed E-state index contributed by atoms with van der Waals surface area (Å²) in [6, 6.07) is 21.8. The fourth-order valence-electron chi connectivity index (χ4n) is 2.50. The summed E-state index contributed by atoms with van der Waals surface area (Å²) in [5.41, 5.74) is 8.77. The third-order valence-electron chi connectivity index (χ3n) is 3.89. The largest absolute Gasteiger partial charge is 0.496 e. The quantitative estimate of drug-likeness (QED) is 0.306. The molecule has 6 heteroatoms. The van der Waals surface area contributed by atoms with Crippen LogP contribution in [0.3, 0.4) is 0 Å². The molecular formula is C21H17ClN2O3. The van der Waals surface area contributed by atoms with E-state index in [1.807, 2.05) is 42.5 Å². The van der Waals surface area contributed by atoms with Gasteiger partial charge in [0.25, 0.3) is 0 Å². The number of carbonyl (C=O) groups is 1. The molecule has 136 valence electrons. The third kappa shape index (κ3) is 4.46. The maximum absolute atomic E-state index is 12.2. The van der Waals surface area contributed by atoms with Crippen molar-refractivity contribution >= 4 is 23.4 Å². The summed E-state index contributed by atoms with van der Waals surface area (Å²) in [4.78, 5) is 17.2. The van der Waals surface area contributed by atoms with Crippen molar-refractivity contribution in [2.45, 2.75) is 0 Å². The van der Waals surface area contributed by atoms with Gasteiger partial charge in [-0.25, -0.2) is 4.79 Å². The number of rotatable bonds is 5. The number of halogens is 1. The highest BCUT2D eigenvalue weighted by atomic mass is 35.5. The van der Waals surface area contributed by atoms with Crippen molar-refractivity contribution in [3.63, 3.8) is 0 Å². The lowest BCUT2D eigenvalue weighted by Crippen LogP contribution is -2.16. The van der Waals surface area contributed by atoms with Gasteiger partial charge in [-0.2, -0.15) is 0 Å². The topological polar surface area (TPSA) is 73.9 Å². The molecule has 0 heterocycles. The highest BCUT2D eigenvalue weighted by molar-refractivity contribution is 6.31. The zero-order valence-corrected chi connectivity index (χ0v) is 15.3. The summed E-state index contributed by atoms with van der Waals surface area (Å²) in [5, 5.41) is 4.17. The predicted octanol–water partition coefficient (Wildman–Crippen LogP) is 4.49. The average Bonchev–Trinajstić information content (AvgIpc) is 2.72. The maximum atomic E-state index is 12.2. The molecule has 0 aliphatic carbocycles. The number of oxime groups is 1. The molecule has 3 aromatic rings. The fraction of sp³-hybridized carbons (Fsp3) is 0.0476. The highest BCUT2D eigenvalue weighted by Gasteiger charge is 2.12. The Morgan fingerprint density at radius 2 is 1.63 bits per heavy atom. The summed E-state index contributed by atoms with van der Waals surface area (Å²) in [6.45, 7) is 0. The Morgan fingerprint density at radius 3 is 2.30 bits per heavy atom. The molecule has 0 fully saturated rings. The summed E-state index contributed by atoms with van der Waals surface area (Å²) in [7, 11) is 1.50. The molecule has 0 aliphatic rings. The van der Waals surface area contributed by atoms with E-state index in [4.69, 9.17) is 26.9 Å². The van der Waals surface area contributed by atoms with Crippen molar-refractivity contribution in [1.82, 2.24) is 0 Å². The van der Waals surface area contributed by atoms with Crippen LogP contribution < -0.4 is 10.5 Å². The molecular weight excluding hydrogens is 364 g/mol. The predicted molar refractivity (Wildman–Crippen MR) is 106 cm³/mol. The van der Waals surface area contributed by atoms with Crippen LogP contribution in [0, 0.1) is 0 Å². The molecule has 5 nitrogen and oxygen atoms in total. The van der Waals surface area contributed by atoms with Crippen LogP contribution in [0.4, 0.5) is 0 Å². The minimum absolute atomic E-state index is 0.0106. The van der Waals surface area contributed by atoms with Crippen molar-refractivity contribution < 1.29 is 14.4 Å². The lowest BCUT2D eigenvalue weighted by Gasteiger charge is -2.08. The molecule has 0 saturated carbocycles. The van der Waals surface area contributed by atoms with E-state index in [1.165, 1.54) is 7.11 Å². The van der Waals surface area contributed by atoms with Gasteiger partial charge in [-0.05, 0) is 41.5 Å². The number of amidine groups is 1. The first-order chi connectivity index (χ1) is 13.1. The van der Waals surface area contributed by atoms with Gasteiger partial charge in [-0.1, -0.05) is 59.2 Å². The molecule has 3 rings (SSSR count). The molecule has 27 heavy (non-hydrogen) atoms. The molecule has 0 bridgehead atoms. The normalized spacial score (nSPS) is 11.1. The van der Waals surface area contributed by atoms with E-state index >= 15 is 0 Å². The lowest BCUT2D eigenvalue weighted by molar-refractivity contribution is 0.0516. The number of carbonyl (C=O) groups excluding carboxylic acids is 1. The van der Waals surface area contributed by atoms with E-state index in [0.29, 0.717) is 21.9 Å². The Kier molecular flexibility index (Phi) is 5.74. The molecule has 2 N–H and O–H groups in total. The monoisotopic (exact) mass is 380 g/mol. The van der Waals surface area contributed by atoms with Crippen LogP contribution in [-0.4, -0.2) is 18.9 Å².